The first-order chi connectivity index (χ1) is 43.6. The van der Waals surface area contributed by atoms with Crippen LogP contribution in [0.1, 0.15) is 271 Å². The Morgan fingerprint density at radius 2 is 0.607 bits per heavy atom. The number of quaternary nitrogens is 1. The minimum atomic E-state index is -1.64. The minimum Gasteiger partial charge on any atom is -0.545 e. The summed E-state index contributed by atoms with van der Waals surface area (Å²) >= 11 is 0. The van der Waals surface area contributed by atoms with Crippen molar-refractivity contribution >= 4 is 17.9 Å². The summed E-state index contributed by atoms with van der Waals surface area (Å²) in [4.78, 5) is 37.5. The Hall–Kier alpha value is -5.09. The number of carboxylic acid groups (broad SMARTS) is 1. The number of rotatable bonds is 64. The van der Waals surface area contributed by atoms with Gasteiger partial charge in [0.1, 0.15) is 13.2 Å². The van der Waals surface area contributed by atoms with E-state index in [0.29, 0.717) is 17.4 Å². The van der Waals surface area contributed by atoms with E-state index in [1.165, 1.54) is 103 Å². The van der Waals surface area contributed by atoms with Gasteiger partial charge in [-0.15, -0.1) is 0 Å². The number of carbonyl (C=O) groups is 3. The molecule has 0 heterocycles. The number of ether oxygens (including phenoxy) is 4. The third-order valence-corrected chi connectivity index (χ3v) is 14.8. The second-order valence-corrected chi connectivity index (χ2v) is 24.4. The van der Waals surface area contributed by atoms with Gasteiger partial charge in [0.2, 0.25) is 0 Å². The molecule has 0 aliphatic rings. The highest BCUT2D eigenvalue weighted by molar-refractivity contribution is 5.70. The molecule has 0 rings (SSSR count). The quantitative estimate of drug-likeness (QED) is 0.0195. The first kappa shape index (κ1) is 83.9. The first-order valence-corrected chi connectivity index (χ1v) is 35.6. The fourth-order valence-corrected chi connectivity index (χ4v) is 9.40. The molecule has 0 spiro atoms. The lowest BCUT2D eigenvalue weighted by atomic mass is 10.0. The Morgan fingerprint density at radius 3 is 0.899 bits per heavy atom. The average Bonchev–Trinajstić information content (AvgIpc) is 3.64. The van der Waals surface area contributed by atoms with E-state index in [4.69, 9.17) is 18.9 Å². The van der Waals surface area contributed by atoms with Crippen LogP contribution in [0.4, 0.5) is 0 Å². The molecule has 0 aliphatic heterocycles. The summed E-state index contributed by atoms with van der Waals surface area (Å²) < 4.78 is 22.8. The number of esters is 2. The molecule has 0 aromatic carbocycles. The summed E-state index contributed by atoms with van der Waals surface area (Å²) in [7, 11) is 5.92. The average molecular weight is 1230 g/mol. The standard InChI is InChI=1S/C80H131NO8/c1-6-8-10-12-14-16-18-20-22-24-26-28-30-32-34-35-36-37-38-39-40-41-42-43-45-46-48-50-52-54-56-58-60-62-64-66-68-70-77(82)87-74-76(75-88-80(79(84)85)86-73-72-81(3,4)5)89-78(83)71-69-67-65-63-61-59-57-55-53-51-49-47-44-33-31-29-27-25-23-21-19-17-15-13-11-9-7-2/h8-11,14-17,20-23,26-29,32-34,36-37,44,49,51,55,57,76,80H,6-7,12-13,18-19,24-25,30-31,35,38-43,45-48,50,52-54,56,58-75H2,1-5H3/b10-8-,11-9-,16-14-,17-15-,22-20-,23-21-,28-26-,29-27-,34-32-,37-36-,44-33-,51-49-,57-55-. The molecule has 0 aromatic heterocycles. The van der Waals surface area contributed by atoms with Crippen molar-refractivity contribution in [1.29, 1.82) is 0 Å². The van der Waals surface area contributed by atoms with Gasteiger partial charge in [0.25, 0.3) is 0 Å². The SMILES string of the molecule is CC/C=C\C/C=C\C/C=C\C/C=C\C/C=C\C/C=C\C/C=C\CCCCCCCC(=O)OC(COC(=O)CCCCCCCCCCCCCCCCCCCC/C=C\C/C=C\C/C=C\C/C=C\C/C=C\C/C=C\CC)COC(OCC[N+](C)(C)C)C(=O)[O-]. The van der Waals surface area contributed by atoms with Crippen molar-refractivity contribution in [2.75, 3.05) is 47.5 Å². The number of nitrogens with zero attached hydrogens (tertiary/aromatic N) is 1. The summed E-state index contributed by atoms with van der Waals surface area (Å²) in [6.07, 6.45) is 99.0. The van der Waals surface area contributed by atoms with Crippen LogP contribution < -0.4 is 5.11 Å². The van der Waals surface area contributed by atoms with Crippen molar-refractivity contribution in [3.63, 3.8) is 0 Å². The van der Waals surface area contributed by atoms with Crippen LogP contribution in [-0.2, 0) is 33.3 Å². The van der Waals surface area contributed by atoms with Crippen LogP contribution in [0.5, 0.6) is 0 Å². The second-order valence-electron chi connectivity index (χ2n) is 24.4. The fourth-order valence-electron chi connectivity index (χ4n) is 9.40. The molecule has 0 aromatic rings. The smallest absolute Gasteiger partial charge is 0.306 e. The molecule has 9 nitrogen and oxygen atoms in total. The van der Waals surface area contributed by atoms with E-state index in [1.807, 2.05) is 21.1 Å². The number of carbonyl (C=O) groups excluding carboxylic acids is 3. The highest BCUT2D eigenvalue weighted by Crippen LogP contribution is 2.17. The minimum absolute atomic E-state index is 0.136. The lowest BCUT2D eigenvalue weighted by molar-refractivity contribution is -0.870. The summed E-state index contributed by atoms with van der Waals surface area (Å²) in [5.41, 5.74) is 0. The van der Waals surface area contributed by atoms with Crippen LogP contribution in [0.25, 0.3) is 0 Å². The van der Waals surface area contributed by atoms with Crippen LogP contribution in [0.15, 0.2) is 158 Å². The van der Waals surface area contributed by atoms with Crippen LogP contribution >= 0.6 is 0 Å². The Morgan fingerprint density at radius 1 is 0.337 bits per heavy atom. The summed E-state index contributed by atoms with van der Waals surface area (Å²) in [5, 5.41) is 11.8. The largest absolute Gasteiger partial charge is 0.545 e. The molecule has 0 saturated carbocycles. The number of hydrogen-bond donors (Lipinski definition) is 0. The molecule has 89 heavy (non-hydrogen) atoms. The van der Waals surface area contributed by atoms with Crippen molar-refractivity contribution < 1.29 is 42.9 Å². The molecule has 0 bridgehead atoms. The van der Waals surface area contributed by atoms with E-state index in [2.05, 4.69) is 172 Å². The van der Waals surface area contributed by atoms with Gasteiger partial charge in [0.05, 0.1) is 40.3 Å². The molecular formula is C80H131NO8. The Balaban J connectivity index is 4.14. The second kappa shape index (κ2) is 68.8. The van der Waals surface area contributed by atoms with Crippen molar-refractivity contribution in [1.82, 2.24) is 0 Å². The summed E-state index contributed by atoms with van der Waals surface area (Å²) in [5.74, 6) is -2.32. The Bertz CT molecular complexity index is 2020. The molecule has 0 N–H and O–H groups in total. The summed E-state index contributed by atoms with van der Waals surface area (Å²) in [6, 6.07) is 0. The van der Waals surface area contributed by atoms with Crippen molar-refractivity contribution in [2.45, 2.75) is 283 Å². The van der Waals surface area contributed by atoms with Gasteiger partial charge in [-0.3, -0.25) is 9.59 Å². The topological polar surface area (TPSA) is 111 Å². The van der Waals surface area contributed by atoms with E-state index < -0.39 is 24.3 Å². The van der Waals surface area contributed by atoms with Gasteiger partial charge < -0.3 is 33.3 Å². The number of aliphatic carboxylic acids is 1. The van der Waals surface area contributed by atoms with Crippen molar-refractivity contribution in [3.05, 3.63) is 158 Å². The number of carboxylic acids is 1. The predicted octanol–water partition coefficient (Wildman–Crippen LogP) is 21.1. The highest BCUT2D eigenvalue weighted by Gasteiger charge is 2.22. The monoisotopic (exact) mass is 1230 g/mol. The van der Waals surface area contributed by atoms with Crippen LogP contribution in [0.2, 0.25) is 0 Å². The zero-order valence-corrected chi connectivity index (χ0v) is 57.5. The third-order valence-electron chi connectivity index (χ3n) is 14.8. The van der Waals surface area contributed by atoms with Gasteiger partial charge in [-0.05, 0) is 122 Å². The van der Waals surface area contributed by atoms with Crippen LogP contribution in [0.3, 0.4) is 0 Å². The first-order valence-electron chi connectivity index (χ1n) is 35.6. The Labute approximate surface area is 546 Å². The van der Waals surface area contributed by atoms with E-state index in [-0.39, 0.29) is 38.6 Å². The maximum atomic E-state index is 12.9. The van der Waals surface area contributed by atoms with Crippen LogP contribution in [-0.4, -0.2) is 82.3 Å². The zero-order chi connectivity index (χ0) is 64.7. The number of hydrogen-bond acceptors (Lipinski definition) is 8. The molecular weight excluding hydrogens is 1100 g/mol. The zero-order valence-electron chi connectivity index (χ0n) is 57.5. The number of allylic oxidation sites excluding steroid dienone is 26. The summed E-state index contributed by atoms with van der Waals surface area (Å²) in [6.45, 7) is 4.49. The van der Waals surface area contributed by atoms with Gasteiger partial charge >= 0.3 is 11.9 Å². The van der Waals surface area contributed by atoms with Gasteiger partial charge in [0.15, 0.2) is 12.4 Å². The van der Waals surface area contributed by atoms with Crippen LogP contribution in [0, 0.1) is 0 Å². The van der Waals surface area contributed by atoms with E-state index in [9.17, 15) is 19.5 Å². The highest BCUT2D eigenvalue weighted by atomic mass is 16.7. The molecule has 504 valence electrons. The lowest BCUT2D eigenvalue weighted by Crippen LogP contribution is -2.44. The van der Waals surface area contributed by atoms with Crippen molar-refractivity contribution in [2.24, 2.45) is 0 Å². The Kier molecular flexibility index (Phi) is 64.9. The molecule has 0 radical (unpaired) electrons. The fraction of sp³-hybridized carbons (Fsp3) is 0.637. The maximum Gasteiger partial charge on any atom is 0.306 e. The lowest BCUT2D eigenvalue weighted by Gasteiger charge is -2.26. The molecule has 0 fully saturated rings. The maximum absolute atomic E-state index is 12.9. The normalized spacial score (nSPS) is 13.7. The van der Waals surface area contributed by atoms with E-state index in [1.54, 1.807) is 0 Å². The third kappa shape index (κ3) is 70.2. The molecule has 2 atom stereocenters. The van der Waals surface area contributed by atoms with Gasteiger partial charge in [-0.1, -0.05) is 294 Å². The van der Waals surface area contributed by atoms with Gasteiger partial charge in [-0.25, -0.2) is 0 Å². The number of unbranched alkanes of at least 4 members (excludes halogenated alkanes) is 23. The molecule has 2 unspecified atom stereocenters. The molecule has 0 amide bonds. The number of likely N-dealkylation sites (N-methyl/N-ethyl adjacent to an activating group) is 1. The molecule has 0 aliphatic carbocycles. The van der Waals surface area contributed by atoms with E-state index in [0.717, 1.165) is 135 Å². The van der Waals surface area contributed by atoms with E-state index >= 15 is 0 Å². The van der Waals surface area contributed by atoms with Gasteiger partial charge in [0, 0.05) is 12.8 Å². The molecule has 9 heteroatoms. The van der Waals surface area contributed by atoms with Crippen molar-refractivity contribution in [3.8, 4) is 0 Å². The van der Waals surface area contributed by atoms with Gasteiger partial charge in [-0.2, -0.15) is 0 Å². The predicted molar refractivity (Wildman–Crippen MR) is 379 cm³/mol. The molecule has 0 saturated heterocycles.